The summed E-state index contributed by atoms with van der Waals surface area (Å²) in [5.74, 6) is 1.18. The van der Waals surface area contributed by atoms with Crippen LogP contribution >= 0.6 is 11.6 Å². The first-order valence-corrected chi connectivity index (χ1v) is 8.12. The molecule has 0 atom stereocenters. The van der Waals surface area contributed by atoms with Gasteiger partial charge in [-0.25, -0.2) is 9.97 Å². The van der Waals surface area contributed by atoms with E-state index < -0.39 is 0 Å². The molecule has 2 aromatic carbocycles. The fourth-order valence-corrected chi connectivity index (χ4v) is 2.60. The van der Waals surface area contributed by atoms with Gasteiger partial charge in [-0.3, -0.25) is 4.79 Å². The molecule has 0 spiro atoms. The number of hydrogen-bond acceptors (Lipinski definition) is 6. The number of halogens is 1. The molecule has 8 heteroatoms. The fraction of sp³-hybridized carbons (Fsp3) is 0.0556. The van der Waals surface area contributed by atoms with Crippen molar-refractivity contribution in [2.75, 3.05) is 17.4 Å². The van der Waals surface area contributed by atoms with Gasteiger partial charge in [-0.15, -0.1) is 0 Å². The highest BCUT2D eigenvalue weighted by Crippen LogP contribution is 2.34. The van der Waals surface area contributed by atoms with Crippen LogP contribution in [0.5, 0.6) is 11.5 Å². The van der Waals surface area contributed by atoms with Crippen LogP contribution in [0.25, 0.3) is 0 Å². The highest BCUT2D eigenvalue weighted by molar-refractivity contribution is 6.30. The molecule has 1 aliphatic rings. The monoisotopic (exact) mass is 368 g/mol. The standard InChI is InChI=1S/C18H13ClN4O3/c19-11-2-1-3-12(8-11)22-18-20-7-6-14(23-18)17(24)21-13-4-5-15-16(9-13)26-10-25-15/h1-9H,10H2,(H,21,24)(H,20,22,23). The van der Waals surface area contributed by atoms with E-state index in [1.54, 1.807) is 36.4 Å². The van der Waals surface area contributed by atoms with Gasteiger partial charge in [0.15, 0.2) is 11.5 Å². The van der Waals surface area contributed by atoms with Crippen molar-refractivity contribution in [1.82, 2.24) is 9.97 Å². The third kappa shape index (κ3) is 3.52. The molecule has 2 heterocycles. The minimum atomic E-state index is -0.361. The molecule has 0 aliphatic carbocycles. The van der Waals surface area contributed by atoms with E-state index in [0.29, 0.717) is 28.2 Å². The fourth-order valence-electron chi connectivity index (χ4n) is 2.41. The van der Waals surface area contributed by atoms with Gasteiger partial charge < -0.3 is 20.1 Å². The van der Waals surface area contributed by atoms with Crippen molar-refractivity contribution in [3.8, 4) is 11.5 Å². The van der Waals surface area contributed by atoms with E-state index in [4.69, 9.17) is 21.1 Å². The zero-order valence-corrected chi connectivity index (χ0v) is 14.2. The molecule has 4 rings (SSSR count). The molecule has 3 aromatic rings. The number of anilines is 3. The lowest BCUT2D eigenvalue weighted by Crippen LogP contribution is -2.14. The Bertz CT molecular complexity index is 980. The van der Waals surface area contributed by atoms with Gasteiger partial charge in [-0.2, -0.15) is 0 Å². The molecular formula is C18H13ClN4O3. The minimum absolute atomic E-state index is 0.178. The highest BCUT2D eigenvalue weighted by atomic mass is 35.5. The maximum absolute atomic E-state index is 12.5. The minimum Gasteiger partial charge on any atom is -0.454 e. The topological polar surface area (TPSA) is 85.4 Å². The first-order chi connectivity index (χ1) is 12.7. The Kier molecular flexibility index (Phi) is 4.28. The van der Waals surface area contributed by atoms with Crippen LogP contribution in [-0.2, 0) is 0 Å². The van der Waals surface area contributed by atoms with Gasteiger partial charge in [0.25, 0.3) is 5.91 Å². The average Bonchev–Trinajstić information content (AvgIpc) is 3.10. The lowest BCUT2D eigenvalue weighted by atomic mass is 10.2. The van der Waals surface area contributed by atoms with Crippen molar-refractivity contribution in [3.63, 3.8) is 0 Å². The summed E-state index contributed by atoms with van der Waals surface area (Å²) < 4.78 is 10.6. The van der Waals surface area contributed by atoms with Crippen molar-refractivity contribution in [3.05, 3.63) is 65.4 Å². The predicted octanol–water partition coefficient (Wildman–Crippen LogP) is 3.85. The SMILES string of the molecule is O=C(Nc1ccc2c(c1)OCO2)c1ccnc(Nc2cccc(Cl)c2)n1. The van der Waals surface area contributed by atoms with Crippen LogP contribution < -0.4 is 20.1 Å². The Balaban J connectivity index is 1.49. The van der Waals surface area contributed by atoms with Crippen molar-refractivity contribution < 1.29 is 14.3 Å². The summed E-state index contributed by atoms with van der Waals surface area (Å²) in [5.41, 5.74) is 1.54. The summed E-state index contributed by atoms with van der Waals surface area (Å²) in [7, 11) is 0. The van der Waals surface area contributed by atoms with E-state index in [1.165, 1.54) is 12.3 Å². The molecule has 0 saturated carbocycles. The first-order valence-electron chi connectivity index (χ1n) is 7.74. The summed E-state index contributed by atoms with van der Waals surface area (Å²) >= 11 is 5.96. The lowest BCUT2D eigenvalue weighted by molar-refractivity contribution is 0.102. The van der Waals surface area contributed by atoms with E-state index >= 15 is 0 Å². The predicted molar refractivity (Wildman–Crippen MR) is 97.3 cm³/mol. The van der Waals surface area contributed by atoms with Crippen LogP contribution in [-0.4, -0.2) is 22.7 Å². The second-order valence-electron chi connectivity index (χ2n) is 5.42. The molecule has 0 bridgehead atoms. The number of nitrogens with zero attached hydrogens (tertiary/aromatic N) is 2. The van der Waals surface area contributed by atoms with E-state index in [-0.39, 0.29) is 18.4 Å². The largest absolute Gasteiger partial charge is 0.454 e. The van der Waals surface area contributed by atoms with Crippen molar-refractivity contribution in [2.24, 2.45) is 0 Å². The number of rotatable bonds is 4. The average molecular weight is 369 g/mol. The number of aromatic nitrogens is 2. The van der Waals surface area contributed by atoms with E-state index in [1.807, 2.05) is 6.07 Å². The third-order valence-electron chi connectivity index (χ3n) is 3.60. The van der Waals surface area contributed by atoms with Crippen LogP contribution in [0.4, 0.5) is 17.3 Å². The van der Waals surface area contributed by atoms with Crippen LogP contribution in [0, 0.1) is 0 Å². The summed E-state index contributed by atoms with van der Waals surface area (Å²) in [4.78, 5) is 20.8. The number of fused-ring (bicyclic) bond motifs is 1. The number of nitrogens with one attached hydrogen (secondary N) is 2. The van der Waals surface area contributed by atoms with Gasteiger partial charge in [0.2, 0.25) is 12.7 Å². The van der Waals surface area contributed by atoms with Gasteiger partial charge >= 0.3 is 0 Å². The molecule has 1 aliphatic heterocycles. The molecule has 1 amide bonds. The van der Waals surface area contributed by atoms with E-state index in [2.05, 4.69) is 20.6 Å². The summed E-state index contributed by atoms with van der Waals surface area (Å²) in [6, 6.07) is 13.8. The number of ether oxygens (including phenoxy) is 2. The molecule has 26 heavy (non-hydrogen) atoms. The number of amides is 1. The first kappa shape index (κ1) is 16.2. The Morgan fingerprint density at radius 2 is 1.92 bits per heavy atom. The molecule has 1 aromatic heterocycles. The number of benzene rings is 2. The Hall–Kier alpha value is -3.32. The summed E-state index contributed by atoms with van der Waals surface area (Å²) in [5, 5.41) is 6.38. The Morgan fingerprint density at radius 3 is 2.81 bits per heavy atom. The second-order valence-corrected chi connectivity index (χ2v) is 5.86. The van der Waals surface area contributed by atoms with Gasteiger partial charge in [0.1, 0.15) is 5.69 Å². The van der Waals surface area contributed by atoms with E-state index in [0.717, 1.165) is 5.69 Å². The quantitative estimate of drug-likeness (QED) is 0.727. The lowest BCUT2D eigenvalue weighted by Gasteiger charge is -2.08. The molecule has 2 N–H and O–H groups in total. The van der Waals surface area contributed by atoms with E-state index in [9.17, 15) is 4.79 Å². The number of hydrogen-bond donors (Lipinski definition) is 2. The van der Waals surface area contributed by atoms with Gasteiger partial charge in [-0.05, 0) is 36.4 Å². The molecular weight excluding hydrogens is 356 g/mol. The maximum Gasteiger partial charge on any atom is 0.274 e. The van der Waals surface area contributed by atoms with Crippen LogP contribution in [0.3, 0.4) is 0 Å². The zero-order valence-electron chi connectivity index (χ0n) is 13.4. The Labute approximate surface area is 154 Å². The van der Waals surface area contributed by atoms with Gasteiger partial charge in [0.05, 0.1) is 0 Å². The molecule has 0 saturated heterocycles. The third-order valence-corrected chi connectivity index (χ3v) is 3.83. The van der Waals surface area contributed by atoms with Crippen molar-refractivity contribution in [1.29, 1.82) is 0 Å². The van der Waals surface area contributed by atoms with Gasteiger partial charge in [0, 0.05) is 28.7 Å². The van der Waals surface area contributed by atoms with Crippen LogP contribution in [0.2, 0.25) is 5.02 Å². The second kappa shape index (κ2) is 6.89. The molecule has 0 radical (unpaired) electrons. The normalized spacial score (nSPS) is 11.9. The molecule has 0 unspecified atom stereocenters. The summed E-state index contributed by atoms with van der Waals surface area (Å²) in [6.45, 7) is 0.178. The van der Waals surface area contributed by atoms with Crippen LogP contribution in [0.15, 0.2) is 54.7 Å². The van der Waals surface area contributed by atoms with Crippen LogP contribution in [0.1, 0.15) is 10.5 Å². The molecule has 0 fully saturated rings. The smallest absolute Gasteiger partial charge is 0.274 e. The maximum atomic E-state index is 12.5. The van der Waals surface area contributed by atoms with Crippen molar-refractivity contribution >= 4 is 34.8 Å². The number of carbonyl (C=O) groups excluding carboxylic acids is 1. The van der Waals surface area contributed by atoms with Gasteiger partial charge in [-0.1, -0.05) is 17.7 Å². The van der Waals surface area contributed by atoms with Crippen molar-refractivity contribution in [2.45, 2.75) is 0 Å². The molecule has 130 valence electrons. The Morgan fingerprint density at radius 1 is 1.04 bits per heavy atom. The highest BCUT2D eigenvalue weighted by Gasteiger charge is 2.15. The zero-order chi connectivity index (χ0) is 17.9. The molecule has 7 nitrogen and oxygen atoms in total. The number of carbonyl (C=O) groups is 1. The summed E-state index contributed by atoms with van der Waals surface area (Å²) in [6.07, 6.45) is 1.51.